The monoisotopic (exact) mass is 309 g/mol. The summed E-state index contributed by atoms with van der Waals surface area (Å²) in [7, 11) is 0. The number of aromatic hydroxyl groups is 1. The number of isocyanates is 1. The van der Waals surface area contributed by atoms with Crippen molar-refractivity contribution in [3.63, 3.8) is 0 Å². The number of carbonyl (C=O) groups excluding carboxylic acids is 1. The summed E-state index contributed by atoms with van der Waals surface area (Å²) in [6.07, 6.45) is 5.43. The van der Waals surface area contributed by atoms with E-state index in [1.807, 2.05) is 36.4 Å². The van der Waals surface area contributed by atoms with Gasteiger partial charge in [-0.05, 0) is 36.1 Å². The lowest BCUT2D eigenvalue weighted by molar-refractivity contribution is 0.287. The summed E-state index contributed by atoms with van der Waals surface area (Å²) in [5, 5.41) is 10.0. The number of aliphatic imine (C=N–C) groups is 1. The van der Waals surface area contributed by atoms with E-state index in [1.54, 1.807) is 18.2 Å². The van der Waals surface area contributed by atoms with E-state index >= 15 is 0 Å². The van der Waals surface area contributed by atoms with Crippen molar-refractivity contribution in [3.8, 4) is 11.5 Å². The molecule has 0 unspecified atom stereocenters. The van der Waals surface area contributed by atoms with Gasteiger partial charge in [-0.15, -0.1) is 0 Å². The number of hydrogen-bond donors (Lipinski definition) is 1. The van der Waals surface area contributed by atoms with Gasteiger partial charge in [-0.3, -0.25) is 0 Å². The van der Waals surface area contributed by atoms with Gasteiger partial charge in [-0.25, -0.2) is 4.79 Å². The molecule has 2 aromatic rings. The third kappa shape index (κ3) is 3.27. The average Bonchev–Trinajstić information content (AvgIpc) is 3.05. The van der Waals surface area contributed by atoms with E-state index in [9.17, 15) is 9.90 Å². The Morgan fingerprint density at radius 3 is 2.57 bits per heavy atom. The molecule has 0 bridgehead atoms. The molecule has 1 N–H and O–H groups in total. The van der Waals surface area contributed by atoms with Crippen LogP contribution in [-0.2, 0) is 16.9 Å². The summed E-state index contributed by atoms with van der Waals surface area (Å²) >= 11 is 0. The number of phenols is 1. The molecular weight excluding hydrogens is 290 g/mol. The van der Waals surface area contributed by atoms with Gasteiger partial charge in [0.2, 0.25) is 6.08 Å². The van der Waals surface area contributed by atoms with Gasteiger partial charge in [0.15, 0.2) is 11.5 Å². The lowest BCUT2D eigenvalue weighted by Gasteiger charge is -2.23. The lowest BCUT2D eigenvalue weighted by atomic mass is 9.89. The first kappa shape index (κ1) is 15.3. The first-order valence-corrected chi connectivity index (χ1v) is 7.83. The predicted octanol–water partition coefficient (Wildman–Crippen LogP) is 4.08. The maximum absolute atomic E-state index is 10.8. The normalized spacial score (nSPS) is 15.8. The van der Waals surface area contributed by atoms with Crippen LogP contribution < -0.4 is 4.74 Å². The van der Waals surface area contributed by atoms with Gasteiger partial charge in [0.05, 0.1) is 5.54 Å². The number of ether oxygens (including phenoxy) is 1. The third-order valence-electron chi connectivity index (χ3n) is 4.42. The standard InChI is InChI=1S/C19H19NO3/c21-14-20-19(10-4-5-11-19)16-8-9-17(22)18(12-16)23-13-15-6-2-1-3-7-15/h1-3,6-9,12,22H,4-5,10-11,13H2. The van der Waals surface area contributed by atoms with Crippen molar-refractivity contribution in [1.29, 1.82) is 0 Å². The Balaban J connectivity index is 1.85. The molecule has 4 nitrogen and oxygen atoms in total. The smallest absolute Gasteiger partial charge is 0.235 e. The molecule has 0 saturated heterocycles. The van der Waals surface area contributed by atoms with Crippen molar-refractivity contribution >= 4 is 6.08 Å². The molecule has 0 spiro atoms. The molecule has 0 aliphatic heterocycles. The SMILES string of the molecule is O=C=NC1(c2ccc(O)c(OCc3ccccc3)c2)CCCC1. The highest BCUT2D eigenvalue weighted by molar-refractivity contribution is 5.46. The Bertz CT molecular complexity index is 715. The highest BCUT2D eigenvalue weighted by Gasteiger charge is 2.36. The molecule has 3 rings (SSSR count). The number of nitrogens with zero attached hydrogens (tertiary/aromatic N) is 1. The van der Waals surface area contributed by atoms with E-state index in [4.69, 9.17) is 4.74 Å². The van der Waals surface area contributed by atoms with Crippen LogP contribution in [0.25, 0.3) is 0 Å². The second kappa shape index (κ2) is 6.67. The largest absolute Gasteiger partial charge is 0.504 e. The van der Waals surface area contributed by atoms with Gasteiger partial charge in [-0.2, -0.15) is 4.99 Å². The van der Waals surface area contributed by atoms with E-state index in [-0.39, 0.29) is 5.75 Å². The predicted molar refractivity (Wildman–Crippen MR) is 87.1 cm³/mol. The molecule has 2 aromatic carbocycles. The van der Waals surface area contributed by atoms with Crippen LogP contribution in [0.15, 0.2) is 53.5 Å². The van der Waals surface area contributed by atoms with Crippen molar-refractivity contribution in [2.24, 2.45) is 4.99 Å². The van der Waals surface area contributed by atoms with E-state index in [0.29, 0.717) is 12.4 Å². The summed E-state index contributed by atoms with van der Waals surface area (Å²) in [4.78, 5) is 14.9. The summed E-state index contributed by atoms with van der Waals surface area (Å²) in [6.45, 7) is 0.377. The van der Waals surface area contributed by atoms with E-state index < -0.39 is 5.54 Å². The Morgan fingerprint density at radius 2 is 1.87 bits per heavy atom. The molecule has 118 valence electrons. The zero-order valence-electron chi connectivity index (χ0n) is 12.9. The van der Waals surface area contributed by atoms with Crippen molar-refractivity contribution < 1.29 is 14.6 Å². The Kier molecular flexibility index (Phi) is 4.45. The van der Waals surface area contributed by atoms with Crippen molar-refractivity contribution in [3.05, 3.63) is 59.7 Å². The Labute approximate surface area is 135 Å². The minimum atomic E-state index is -0.514. The van der Waals surface area contributed by atoms with Gasteiger partial charge in [0, 0.05) is 0 Å². The fourth-order valence-corrected chi connectivity index (χ4v) is 3.17. The van der Waals surface area contributed by atoms with Gasteiger partial charge >= 0.3 is 0 Å². The summed E-state index contributed by atoms with van der Waals surface area (Å²) in [6, 6.07) is 15.0. The van der Waals surface area contributed by atoms with Gasteiger partial charge in [0.25, 0.3) is 0 Å². The number of benzene rings is 2. The number of hydrogen-bond acceptors (Lipinski definition) is 4. The lowest BCUT2D eigenvalue weighted by Crippen LogP contribution is -2.18. The van der Waals surface area contributed by atoms with Crippen LogP contribution in [0, 0.1) is 0 Å². The van der Waals surface area contributed by atoms with Crippen LogP contribution in [0.4, 0.5) is 0 Å². The van der Waals surface area contributed by atoms with Gasteiger partial charge < -0.3 is 9.84 Å². The summed E-state index contributed by atoms with van der Waals surface area (Å²) in [5.74, 6) is 0.506. The van der Waals surface area contributed by atoms with Crippen molar-refractivity contribution in [1.82, 2.24) is 0 Å². The van der Waals surface area contributed by atoms with Crippen LogP contribution in [0.3, 0.4) is 0 Å². The first-order chi connectivity index (χ1) is 11.2. The van der Waals surface area contributed by atoms with Crippen LogP contribution >= 0.6 is 0 Å². The zero-order valence-corrected chi connectivity index (χ0v) is 12.9. The summed E-state index contributed by atoms with van der Waals surface area (Å²) in [5.41, 5.74) is 1.42. The first-order valence-electron chi connectivity index (χ1n) is 7.83. The van der Waals surface area contributed by atoms with Gasteiger partial charge in [0.1, 0.15) is 6.61 Å². The zero-order chi connectivity index (χ0) is 16.1. The van der Waals surface area contributed by atoms with E-state index in [1.165, 1.54) is 0 Å². The quantitative estimate of drug-likeness (QED) is 0.669. The minimum absolute atomic E-state index is 0.0907. The third-order valence-corrected chi connectivity index (χ3v) is 4.42. The molecule has 0 heterocycles. The highest BCUT2D eigenvalue weighted by Crippen LogP contribution is 2.44. The van der Waals surface area contributed by atoms with Crippen LogP contribution in [0.2, 0.25) is 0 Å². The van der Waals surface area contributed by atoms with Crippen LogP contribution in [-0.4, -0.2) is 11.2 Å². The van der Waals surface area contributed by atoms with Gasteiger partial charge in [-0.1, -0.05) is 49.2 Å². The van der Waals surface area contributed by atoms with E-state index in [2.05, 4.69) is 4.99 Å². The summed E-state index contributed by atoms with van der Waals surface area (Å²) < 4.78 is 5.76. The number of rotatable bonds is 5. The topological polar surface area (TPSA) is 58.9 Å². The molecule has 1 fully saturated rings. The number of phenolic OH excluding ortho intramolecular Hbond substituents is 1. The Morgan fingerprint density at radius 1 is 1.13 bits per heavy atom. The van der Waals surface area contributed by atoms with Crippen LogP contribution in [0.5, 0.6) is 11.5 Å². The Hall–Kier alpha value is -2.58. The molecule has 1 aliphatic carbocycles. The molecule has 4 heteroatoms. The van der Waals surface area contributed by atoms with E-state index in [0.717, 1.165) is 36.8 Å². The average molecular weight is 309 g/mol. The fraction of sp³-hybridized carbons (Fsp3) is 0.316. The second-order valence-electron chi connectivity index (χ2n) is 5.90. The van der Waals surface area contributed by atoms with Crippen molar-refractivity contribution in [2.45, 2.75) is 37.8 Å². The highest BCUT2D eigenvalue weighted by atomic mass is 16.5. The minimum Gasteiger partial charge on any atom is -0.504 e. The molecular formula is C19H19NO3. The maximum Gasteiger partial charge on any atom is 0.235 e. The van der Waals surface area contributed by atoms with Crippen molar-refractivity contribution in [2.75, 3.05) is 0 Å². The molecule has 1 aliphatic rings. The molecule has 0 atom stereocenters. The maximum atomic E-state index is 10.8. The fourth-order valence-electron chi connectivity index (χ4n) is 3.17. The molecule has 23 heavy (non-hydrogen) atoms. The molecule has 1 saturated carbocycles. The molecule has 0 radical (unpaired) electrons. The van der Waals surface area contributed by atoms with Crippen LogP contribution in [0.1, 0.15) is 36.8 Å². The molecule has 0 aromatic heterocycles. The second-order valence-corrected chi connectivity index (χ2v) is 5.90. The molecule has 0 amide bonds.